The van der Waals surface area contributed by atoms with Crippen LogP contribution in [0.1, 0.15) is 11.4 Å². The van der Waals surface area contributed by atoms with E-state index in [-0.39, 0.29) is 0 Å². The summed E-state index contributed by atoms with van der Waals surface area (Å²) in [4.78, 5) is 4.27. The lowest BCUT2D eigenvalue weighted by Gasteiger charge is -2.08. The van der Waals surface area contributed by atoms with Crippen LogP contribution in [0.2, 0.25) is 0 Å². The van der Waals surface area contributed by atoms with Gasteiger partial charge in [0, 0.05) is 12.7 Å². The Balaban J connectivity index is 1.90. The van der Waals surface area contributed by atoms with Gasteiger partial charge in [-0.2, -0.15) is 4.98 Å². The summed E-state index contributed by atoms with van der Waals surface area (Å²) in [6.45, 7) is 2.53. The quantitative estimate of drug-likeness (QED) is 0.730. The minimum Gasteiger partial charge on any atom is -0.497 e. The number of nitrogens with zero attached hydrogens (tertiary/aromatic N) is 3. The molecule has 20 heavy (non-hydrogen) atoms. The molecule has 0 fully saturated rings. The Morgan fingerprint density at radius 1 is 1.25 bits per heavy atom. The molecule has 0 aliphatic heterocycles. The zero-order valence-electron chi connectivity index (χ0n) is 11.4. The van der Waals surface area contributed by atoms with Gasteiger partial charge >= 0.3 is 0 Å². The molecular formula is C15H15N3O2. The number of rotatable bonds is 4. The van der Waals surface area contributed by atoms with Crippen molar-refractivity contribution in [3.05, 3.63) is 54.0 Å². The lowest BCUT2D eigenvalue weighted by molar-refractivity contribution is 0.414. The maximum atomic E-state index is 5.24. The van der Waals surface area contributed by atoms with Crippen molar-refractivity contribution >= 4 is 0 Å². The van der Waals surface area contributed by atoms with Gasteiger partial charge in [0.15, 0.2) is 5.82 Å². The first-order chi connectivity index (χ1) is 9.76. The zero-order valence-corrected chi connectivity index (χ0v) is 11.4. The van der Waals surface area contributed by atoms with E-state index in [1.807, 2.05) is 43.5 Å². The smallest absolute Gasteiger partial charge is 0.274 e. The monoisotopic (exact) mass is 269 g/mol. The molecule has 102 valence electrons. The van der Waals surface area contributed by atoms with Crippen LogP contribution in [0, 0.1) is 6.92 Å². The third-order valence-corrected chi connectivity index (χ3v) is 3.06. The van der Waals surface area contributed by atoms with E-state index in [1.165, 1.54) is 0 Å². The fraction of sp³-hybridized carbons (Fsp3) is 0.200. The standard InChI is InChI=1S/C15H15N3O2/c1-11-16-15(20-17-11)14-7-4-8-18(14)10-12-5-3-6-13(9-12)19-2/h3-9H,10H2,1-2H3. The summed E-state index contributed by atoms with van der Waals surface area (Å²) >= 11 is 0. The van der Waals surface area contributed by atoms with E-state index in [9.17, 15) is 0 Å². The van der Waals surface area contributed by atoms with Gasteiger partial charge in [-0.3, -0.25) is 0 Å². The minimum atomic E-state index is 0.537. The topological polar surface area (TPSA) is 53.1 Å². The van der Waals surface area contributed by atoms with Gasteiger partial charge in [-0.15, -0.1) is 0 Å². The highest BCUT2D eigenvalue weighted by Crippen LogP contribution is 2.20. The van der Waals surface area contributed by atoms with Crippen LogP contribution < -0.4 is 4.74 Å². The highest BCUT2D eigenvalue weighted by Gasteiger charge is 2.11. The fourth-order valence-electron chi connectivity index (χ4n) is 2.11. The summed E-state index contributed by atoms with van der Waals surface area (Å²) < 4.78 is 12.5. The summed E-state index contributed by atoms with van der Waals surface area (Å²) in [5, 5.41) is 3.83. The van der Waals surface area contributed by atoms with Crippen molar-refractivity contribution in [1.29, 1.82) is 0 Å². The number of benzene rings is 1. The molecule has 1 aromatic carbocycles. The number of aromatic nitrogens is 3. The predicted molar refractivity (Wildman–Crippen MR) is 74.6 cm³/mol. The van der Waals surface area contributed by atoms with Crippen LogP contribution in [0.15, 0.2) is 47.1 Å². The molecule has 5 nitrogen and oxygen atoms in total. The molecule has 0 saturated heterocycles. The molecule has 0 atom stereocenters. The Kier molecular flexibility index (Phi) is 3.25. The number of ether oxygens (including phenoxy) is 1. The van der Waals surface area contributed by atoms with Gasteiger partial charge in [0.1, 0.15) is 11.4 Å². The Bertz CT molecular complexity index is 715. The SMILES string of the molecule is COc1cccc(Cn2cccc2-c2nc(C)no2)c1. The van der Waals surface area contributed by atoms with E-state index in [1.54, 1.807) is 7.11 Å². The summed E-state index contributed by atoms with van der Waals surface area (Å²) in [5.74, 6) is 2.02. The Hall–Kier alpha value is -2.56. The van der Waals surface area contributed by atoms with Crippen LogP contribution in [-0.2, 0) is 6.54 Å². The second-order valence-corrected chi connectivity index (χ2v) is 4.52. The largest absolute Gasteiger partial charge is 0.497 e. The van der Waals surface area contributed by atoms with Gasteiger partial charge < -0.3 is 13.8 Å². The first kappa shape index (κ1) is 12.5. The van der Waals surface area contributed by atoms with E-state index in [4.69, 9.17) is 9.26 Å². The van der Waals surface area contributed by atoms with Crippen LogP contribution >= 0.6 is 0 Å². The van der Waals surface area contributed by atoms with Crippen molar-refractivity contribution < 1.29 is 9.26 Å². The molecule has 0 spiro atoms. The third-order valence-electron chi connectivity index (χ3n) is 3.06. The van der Waals surface area contributed by atoms with Crippen LogP contribution in [0.4, 0.5) is 0 Å². The first-order valence-corrected chi connectivity index (χ1v) is 6.35. The van der Waals surface area contributed by atoms with Crippen molar-refractivity contribution in [3.63, 3.8) is 0 Å². The van der Waals surface area contributed by atoms with Gasteiger partial charge in [0.05, 0.1) is 7.11 Å². The number of hydrogen-bond donors (Lipinski definition) is 0. The molecule has 0 saturated carbocycles. The van der Waals surface area contributed by atoms with Crippen molar-refractivity contribution in [3.8, 4) is 17.3 Å². The highest BCUT2D eigenvalue weighted by atomic mass is 16.5. The molecule has 5 heteroatoms. The lowest BCUT2D eigenvalue weighted by atomic mass is 10.2. The molecule has 2 aromatic heterocycles. The summed E-state index contributed by atoms with van der Waals surface area (Å²) in [6.07, 6.45) is 1.99. The van der Waals surface area contributed by atoms with Crippen LogP contribution in [0.3, 0.4) is 0 Å². The van der Waals surface area contributed by atoms with Crippen LogP contribution in [0.25, 0.3) is 11.6 Å². The second-order valence-electron chi connectivity index (χ2n) is 4.52. The van der Waals surface area contributed by atoms with Crippen molar-refractivity contribution in [1.82, 2.24) is 14.7 Å². The van der Waals surface area contributed by atoms with Crippen molar-refractivity contribution in [2.75, 3.05) is 7.11 Å². The summed E-state index contributed by atoms with van der Waals surface area (Å²) in [6, 6.07) is 11.9. The zero-order chi connectivity index (χ0) is 13.9. The average molecular weight is 269 g/mol. The van der Waals surface area contributed by atoms with Gasteiger partial charge in [0.2, 0.25) is 0 Å². The molecule has 2 heterocycles. The van der Waals surface area contributed by atoms with Crippen LogP contribution in [-0.4, -0.2) is 21.8 Å². The Morgan fingerprint density at radius 2 is 2.15 bits per heavy atom. The number of hydrogen-bond acceptors (Lipinski definition) is 4. The minimum absolute atomic E-state index is 0.537. The molecule has 3 aromatic rings. The van der Waals surface area contributed by atoms with Gasteiger partial charge in [0.25, 0.3) is 5.89 Å². The van der Waals surface area contributed by atoms with Crippen LogP contribution in [0.5, 0.6) is 5.75 Å². The highest BCUT2D eigenvalue weighted by molar-refractivity contribution is 5.48. The molecule has 0 bridgehead atoms. The van der Waals surface area contributed by atoms with E-state index in [0.29, 0.717) is 11.7 Å². The molecule has 0 unspecified atom stereocenters. The maximum absolute atomic E-state index is 5.24. The van der Waals surface area contributed by atoms with Gasteiger partial charge in [-0.05, 0) is 36.8 Å². The molecule has 3 rings (SSSR count). The molecule has 0 aliphatic carbocycles. The number of aryl methyl sites for hydroxylation is 1. The first-order valence-electron chi connectivity index (χ1n) is 6.35. The third kappa shape index (κ3) is 2.42. The summed E-state index contributed by atoms with van der Waals surface area (Å²) in [7, 11) is 1.67. The molecule has 0 amide bonds. The molecule has 0 radical (unpaired) electrons. The van der Waals surface area contributed by atoms with Crippen molar-refractivity contribution in [2.45, 2.75) is 13.5 Å². The Morgan fingerprint density at radius 3 is 2.90 bits per heavy atom. The predicted octanol–water partition coefficient (Wildman–Crippen LogP) is 2.90. The Labute approximate surface area is 116 Å². The second kappa shape index (κ2) is 5.21. The van der Waals surface area contributed by atoms with E-state index >= 15 is 0 Å². The molecule has 0 N–H and O–H groups in total. The van der Waals surface area contributed by atoms with Crippen molar-refractivity contribution in [2.24, 2.45) is 0 Å². The van der Waals surface area contributed by atoms with Gasteiger partial charge in [-0.1, -0.05) is 17.3 Å². The van der Waals surface area contributed by atoms with Gasteiger partial charge in [-0.25, -0.2) is 0 Å². The van der Waals surface area contributed by atoms with E-state index in [0.717, 1.165) is 23.6 Å². The van der Waals surface area contributed by atoms with E-state index in [2.05, 4.69) is 20.8 Å². The molecular weight excluding hydrogens is 254 g/mol. The molecule has 0 aliphatic rings. The normalized spacial score (nSPS) is 10.7. The summed E-state index contributed by atoms with van der Waals surface area (Å²) in [5.41, 5.74) is 2.06. The fourth-order valence-corrected chi connectivity index (χ4v) is 2.11. The van der Waals surface area contributed by atoms with E-state index < -0.39 is 0 Å². The maximum Gasteiger partial charge on any atom is 0.274 e. The average Bonchev–Trinajstić information content (AvgIpc) is 3.08. The number of methoxy groups -OCH3 is 1. The lowest BCUT2D eigenvalue weighted by Crippen LogP contribution is -2.00.